The Labute approximate surface area is 126 Å². The van der Waals surface area contributed by atoms with E-state index in [2.05, 4.69) is 15.3 Å². The number of aromatic amines is 1. The van der Waals surface area contributed by atoms with Crippen LogP contribution in [0.25, 0.3) is 11.3 Å². The van der Waals surface area contributed by atoms with Gasteiger partial charge in [0.15, 0.2) is 0 Å². The van der Waals surface area contributed by atoms with E-state index in [0.717, 1.165) is 17.1 Å². The lowest BCUT2D eigenvalue weighted by Gasteiger charge is -2.10. The van der Waals surface area contributed by atoms with E-state index in [-0.39, 0.29) is 11.9 Å². The standard InChI is InChI=1S/C16H15N3OS/c1-11(18-16(20)14-8-5-9-21-14)15-17-10-13(19-15)12-6-3-2-4-7-12/h2-11H,1H3,(H,17,19)(H,18,20)/t11-/m1/s1. The van der Waals surface area contributed by atoms with E-state index in [9.17, 15) is 4.79 Å². The van der Waals surface area contributed by atoms with Gasteiger partial charge in [0, 0.05) is 0 Å². The average molecular weight is 297 g/mol. The molecule has 2 heterocycles. The smallest absolute Gasteiger partial charge is 0.261 e. The number of H-pyrrole nitrogens is 1. The number of carbonyl (C=O) groups is 1. The van der Waals surface area contributed by atoms with Crippen LogP contribution in [0.3, 0.4) is 0 Å². The van der Waals surface area contributed by atoms with Gasteiger partial charge in [-0.2, -0.15) is 0 Å². The molecule has 1 atom stereocenters. The third-order valence-corrected chi connectivity index (χ3v) is 4.05. The summed E-state index contributed by atoms with van der Waals surface area (Å²) in [5, 5.41) is 4.83. The molecule has 1 aromatic carbocycles. The molecule has 0 fully saturated rings. The summed E-state index contributed by atoms with van der Waals surface area (Å²) in [5.41, 5.74) is 2.02. The van der Waals surface area contributed by atoms with Gasteiger partial charge in [-0.25, -0.2) is 4.98 Å². The van der Waals surface area contributed by atoms with Gasteiger partial charge in [0.1, 0.15) is 5.82 Å². The first-order valence-electron chi connectivity index (χ1n) is 6.69. The second-order valence-electron chi connectivity index (χ2n) is 4.72. The lowest BCUT2D eigenvalue weighted by Crippen LogP contribution is -2.26. The van der Waals surface area contributed by atoms with Crippen molar-refractivity contribution >= 4 is 17.2 Å². The molecule has 0 bridgehead atoms. The van der Waals surface area contributed by atoms with Crippen molar-refractivity contribution in [3.05, 3.63) is 64.7 Å². The maximum atomic E-state index is 12.0. The van der Waals surface area contributed by atoms with Gasteiger partial charge in [-0.1, -0.05) is 36.4 Å². The van der Waals surface area contributed by atoms with Crippen molar-refractivity contribution in [2.24, 2.45) is 0 Å². The van der Waals surface area contributed by atoms with Crippen molar-refractivity contribution in [2.75, 3.05) is 0 Å². The number of amides is 1. The molecule has 21 heavy (non-hydrogen) atoms. The zero-order valence-corrected chi connectivity index (χ0v) is 12.4. The number of hydrogen-bond donors (Lipinski definition) is 2. The van der Waals surface area contributed by atoms with Gasteiger partial charge in [-0.15, -0.1) is 11.3 Å². The highest BCUT2D eigenvalue weighted by molar-refractivity contribution is 7.12. The summed E-state index contributed by atoms with van der Waals surface area (Å²) in [5.74, 6) is 0.675. The maximum Gasteiger partial charge on any atom is 0.261 e. The van der Waals surface area contributed by atoms with Crippen LogP contribution in [-0.2, 0) is 0 Å². The van der Waals surface area contributed by atoms with E-state index >= 15 is 0 Å². The zero-order valence-electron chi connectivity index (χ0n) is 11.5. The summed E-state index contributed by atoms with van der Waals surface area (Å²) in [6, 6.07) is 13.5. The average Bonchev–Trinajstić information content (AvgIpc) is 3.20. The summed E-state index contributed by atoms with van der Waals surface area (Å²) in [6.45, 7) is 1.92. The van der Waals surface area contributed by atoms with Gasteiger partial charge in [0.05, 0.1) is 22.8 Å². The number of hydrogen-bond acceptors (Lipinski definition) is 3. The number of carbonyl (C=O) groups excluding carboxylic acids is 1. The van der Waals surface area contributed by atoms with E-state index in [1.807, 2.05) is 54.8 Å². The Morgan fingerprint density at radius 3 is 2.76 bits per heavy atom. The molecule has 0 unspecified atom stereocenters. The number of imidazole rings is 1. The summed E-state index contributed by atoms with van der Waals surface area (Å²) >= 11 is 1.43. The first kappa shape index (κ1) is 13.6. The van der Waals surface area contributed by atoms with Crippen molar-refractivity contribution in [3.8, 4) is 11.3 Å². The van der Waals surface area contributed by atoms with Gasteiger partial charge in [0.25, 0.3) is 5.91 Å². The van der Waals surface area contributed by atoms with E-state index in [4.69, 9.17) is 0 Å². The summed E-state index contributed by atoms with van der Waals surface area (Å²) < 4.78 is 0. The fourth-order valence-electron chi connectivity index (χ4n) is 2.06. The first-order chi connectivity index (χ1) is 10.2. The van der Waals surface area contributed by atoms with E-state index in [1.165, 1.54) is 11.3 Å². The quantitative estimate of drug-likeness (QED) is 0.772. The molecule has 4 nitrogen and oxygen atoms in total. The monoisotopic (exact) mass is 297 g/mol. The van der Waals surface area contributed by atoms with Crippen LogP contribution in [0.5, 0.6) is 0 Å². The molecule has 0 spiro atoms. The number of aromatic nitrogens is 2. The molecule has 5 heteroatoms. The molecular weight excluding hydrogens is 282 g/mol. The third-order valence-electron chi connectivity index (χ3n) is 3.18. The number of nitrogens with zero attached hydrogens (tertiary/aromatic N) is 1. The first-order valence-corrected chi connectivity index (χ1v) is 7.56. The van der Waals surface area contributed by atoms with E-state index in [1.54, 1.807) is 6.20 Å². The Bertz CT molecular complexity index is 719. The Morgan fingerprint density at radius 1 is 1.24 bits per heavy atom. The highest BCUT2D eigenvalue weighted by Crippen LogP contribution is 2.19. The van der Waals surface area contributed by atoms with E-state index < -0.39 is 0 Å². The SMILES string of the molecule is C[C@@H](NC(=O)c1cccs1)c1ncc(-c2ccccc2)[nH]1. The fourth-order valence-corrected chi connectivity index (χ4v) is 2.69. The summed E-state index contributed by atoms with van der Waals surface area (Å²) in [7, 11) is 0. The second-order valence-corrected chi connectivity index (χ2v) is 5.67. The minimum absolute atomic E-state index is 0.0739. The lowest BCUT2D eigenvalue weighted by atomic mass is 10.2. The Balaban J connectivity index is 1.73. The molecule has 0 saturated carbocycles. The second kappa shape index (κ2) is 5.93. The van der Waals surface area contributed by atoms with Gasteiger partial charge in [-0.05, 0) is 23.9 Å². The number of thiophene rings is 1. The molecule has 3 aromatic rings. The third kappa shape index (κ3) is 3.03. The highest BCUT2D eigenvalue weighted by Gasteiger charge is 2.15. The highest BCUT2D eigenvalue weighted by atomic mass is 32.1. The fraction of sp³-hybridized carbons (Fsp3) is 0.125. The van der Waals surface area contributed by atoms with E-state index in [0.29, 0.717) is 4.88 Å². The molecule has 3 rings (SSSR count). The maximum absolute atomic E-state index is 12.0. The van der Waals surface area contributed by atoms with Crippen LogP contribution in [0.15, 0.2) is 54.0 Å². The summed E-state index contributed by atoms with van der Waals surface area (Å²) in [6.07, 6.45) is 1.79. The topological polar surface area (TPSA) is 57.8 Å². The van der Waals surface area contributed by atoms with Gasteiger partial charge in [0.2, 0.25) is 0 Å². The molecule has 0 saturated heterocycles. The van der Waals surface area contributed by atoms with Crippen LogP contribution in [0, 0.1) is 0 Å². The van der Waals surface area contributed by atoms with Crippen molar-refractivity contribution in [3.63, 3.8) is 0 Å². The molecule has 2 aromatic heterocycles. The predicted octanol–water partition coefficient (Wildman–Crippen LogP) is 3.63. The van der Waals surface area contributed by atoms with Crippen LogP contribution in [0.1, 0.15) is 28.5 Å². The van der Waals surface area contributed by atoms with Crippen LogP contribution < -0.4 is 5.32 Å². The molecule has 0 aliphatic carbocycles. The van der Waals surface area contributed by atoms with Crippen LogP contribution in [0.2, 0.25) is 0 Å². The minimum Gasteiger partial charge on any atom is -0.342 e. The van der Waals surface area contributed by atoms with Crippen LogP contribution >= 0.6 is 11.3 Å². The molecule has 0 radical (unpaired) electrons. The molecule has 106 valence electrons. The Morgan fingerprint density at radius 2 is 2.05 bits per heavy atom. The molecular formula is C16H15N3OS. The number of nitrogens with one attached hydrogen (secondary N) is 2. The molecule has 0 aliphatic heterocycles. The zero-order chi connectivity index (χ0) is 14.7. The van der Waals surface area contributed by atoms with Crippen molar-refractivity contribution in [1.29, 1.82) is 0 Å². The molecule has 2 N–H and O–H groups in total. The number of rotatable bonds is 4. The van der Waals surface area contributed by atoms with Gasteiger partial charge < -0.3 is 10.3 Å². The van der Waals surface area contributed by atoms with Crippen LogP contribution in [-0.4, -0.2) is 15.9 Å². The van der Waals surface area contributed by atoms with Gasteiger partial charge >= 0.3 is 0 Å². The van der Waals surface area contributed by atoms with Crippen LogP contribution in [0.4, 0.5) is 0 Å². The predicted molar refractivity (Wildman–Crippen MR) is 84.2 cm³/mol. The van der Waals surface area contributed by atoms with Crippen molar-refractivity contribution in [1.82, 2.24) is 15.3 Å². The molecule has 0 aliphatic rings. The van der Waals surface area contributed by atoms with Gasteiger partial charge in [-0.3, -0.25) is 4.79 Å². The Kier molecular flexibility index (Phi) is 3.83. The Hall–Kier alpha value is -2.40. The largest absolute Gasteiger partial charge is 0.342 e. The number of benzene rings is 1. The minimum atomic E-state index is -0.169. The molecule has 1 amide bonds. The lowest BCUT2D eigenvalue weighted by molar-refractivity contribution is 0.0942. The van der Waals surface area contributed by atoms with Crippen molar-refractivity contribution < 1.29 is 4.79 Å². The summed E-state index contributed by atoms with van der Waals surface area (Å²) in [4.78, 5) is 20.3. The van der Waals surface area contributed by atoms with Crippen molar-refractivity contribution in [2.45, 2.75) is 13.0 Å². The normalized spacial score (nSPS) is 12.0.